The van der Waals surface area contributed by atoms with Crippen LogP contribution in [0.5, 0.6) is 11.5 Å². The van der Waals surface area contributed by atoms with Crippen LogP contribution in [0.25, 0.3) is 0 Å². The summed E-state index contributed by atoms with van der Waals surface area (Å²) in [6.45, 7) is 2.46. The van der Waals surface area contributed by atoms with Crippen LogP contribution in [0, 0.1) is 5.41 Å². The molecule has 0 unspecified atom stereocenters. The number of nitrogens with zero attached hydrogens (tertiary/aromatic N) is 1. The van der Waals surface area contributed by atoms with E-state index < -0.39 is 0 Å². The Morgan fingerprint density at radius 2 is 1.84 bits per heavy atom. The Labute approximate surface area is 184 Å². The number of hydrogen-bond acceptors (Lipinski definition) is 4. The fourth-order valence-corrected chi connectivity index (χ4v) is 6.23. The molecule has 1 amide bonds. The number of rotatable bonds is 6. The van der Waals surface area contributed by atoms with E-state index in [2.05, 4.69) is 41.4 Å². The largest absolute Gasteiger partial charge is 0.497 e. The second kappa shape index (κ2) is 8.19. The third-order valence-electron chi connectivity index (χ3n) is 7.76. The first-order valence-corrected chi connectivity index (χ1v) is 11.5. The summed E-state index contributed by atoms with van der Waals surface area (Å²) < 4.78 is 11.1. The average Bonchev–Trinajstić information content (AvgIpc) is 3.15. The molecule has 5 heteroatoms. The molecule has 5 nitrogen and oxygen atoms in total. The van der Waals surface area contributed by atoms with Gasteiger partial charge in [0, 0.05) is 23.5 Å². The Kier molecular flexibility index (Phi) is 5.39. The van der Waals surface area contributed by atoms with Gasteiger partial charge in [0.1, 0.15) is 11.5 Å². The molecular formula is C26H32N2O3. The minimum absolute atomic E-state index is 0.0710. The molecule has 3 aliphatic rings. The number of benzene rings is 2. The number of fused-ring (bicyclic) bond motifs is 1. The van der Waals surface area contributed by atoms with Crippen LogP contribution in [0.4, 0.5) is 0 Å². The highest BCUT2D eigenvalue weighted by atomic mass is 16.5. The van der Waals surface area contributed by atoms with Crippen molar-refractivity contribution in [1.82, 2.24) is 10.2 Å². The molecule has 164 valence electrons. The maximum absolute atomic E-state index is 13.6. The molecule has 2 saturated heterocycles. The lowest BCUT2D eigenvalue weighted by atomic mass is 9.64. The van der Waals surface area contributed by atoms with Crippen LogP contribution in [-0.4, -0.2) is 48.7 Å². The van der Waals surface area contributed by atoms with Crippen LogP contribution in [0.3, 0.4) is 0 Å². The summed E-state index contributed by atoms with van der Waals surface area (Å²) in [6, 6.07) is 19.3. The number of hydrogen-bond donors (Lipinski definition) is 1. The number of amides is 1. The molecule has 2 bridgehead atoms. The predicted octanol–water partition coefficient (Wildman–Crippen LogP) is 3.82. The number of likely N-dealkylation sites (tertiary alicyclic amines) is 1. The second-order valence-corrected chi connectivity index (χ2v) is 9.50. The van der Waals surface area contributed by atoms with Gasteiger partial charge in [-0.1, -0.05) is 37.3 Å². The summed E-state index contributed by atoms with van der Waals surface area (Å²) in [5.74, 6) is 1.57. The van der Waals surface area contributed by atoms with Gasteiger partial charge in [0.05, 0.1) is 13.2 Å². The van der Waals surface area contributed by atoms with Crippen molar-refractivity contribution in [3.05, 3.63) is 60.2 Å². The first kappa shape index (κ1) is 20.4. The number of ether oxygens (including phenoxy) is 2. The molecule has 0 radical (unpaired) electrons. The fraction of sp³-hybridized carbons (Fsp3) is 0.500. The van der Waals surface area contributed by atoms with E-state index in [0.717, 1.165) is 25.0 Å². The van der Waals surface area contributed by atoms with Crippen LogP contribution in [0.15, 0.2) is 54.6 Å². The number of carbonyl (C=O) groups is 1. The Morgan fingerprint density at radius 1 is 1.10 bits per heavy atom. The molecule has 1 aliphatic carbocycles. The monoisotopic (exact) mass is 420 g/mol. The summed E-state index contributed by atoms with van der Waals surface area (Å²) in [4.78, 5) is 15.8. The lowest BCUT2D eigenvalue weighted by Crippen LogP contribution is -2.63. The van der Waals surface area contributed by atoms with Crippen molar-refractivity contribution in [3.63, 3.8) is 0 Å². The molecule has 2 heterocycles. The van der Waals surface area contributed by atoms with Crippen LogP contribution in [0.1, 0.15) is 38.2 Å². The molecule has 31 heavy (non-hydrogen) atoms. The third kappa shape index (κ3) is 3.69. The molecule has 1 N–H and O–H groups in total. The Balaban J connectivity index is 1.38. The molecule has 2 aromatic carbocycles. The van der Waals surface area contributed by atoms with Gasteiger partial charge >= 0.3 is 0 Å². The van der Waals surface area contributed by atoms with Crippen LogP contribution in [-0.2, 0) is 11.2 Å². The standard InChI is InChI=1S/C26H32N2O3/c1-26-16-21-22(15-18-7-4-3-5-8-18)28(24(26)10-6-9-23(26)27-21)25(29)17-31-20-13-11-19(30-2)12-14-20/h3-5,7-8,11-14,21-24,27H,6,9-10,15-17H2,1-2H3/t21-,22-,23-,24+,26-/m0/s1. The Morgan fingerprint density at radius 3 is 2.58 bits per heavy atom. The highest BCUT2D eigenvalue weighted by Gasteiger charge is 2.60. The SMILES string of the molecule is COc1ccc(OCC(=O)N2[C@@H](Cc3ccccc3)[C@@H]3C[C@@]4(C)[C@H](CCC[C@@H]24)N3)cc1. The first-order valence-electron chi connectivity index (χ1n) is 11.5. The van der Waals surface area contributed by atoms with Crippen molar-refractivity contribution in [1.29, 1.82) is 0 Å². The maximum Gasteiger partial charge on any atom is 0.261 e. The van der Waals surface area contributed by atoms with Gasteiger partial charge in [-0.15, -0.1) is 0 Å². The maximum atomic E-state index is 13.6. The van der Waals surface area contributed by atoms with E-state index in [1.165, 1.54) is 18.4 Å². The van der Waals surface area contributed by atoms with E-state index in [1.807, 2.05) is 30.3 Å². The minimum atomic E-state index is 0.0710. The van der Waals surface area contributed by atoms with Gasteiger partial charge < -0.3 is 19.7 Å². The molecule has 5 rings (SSSR count). The highest BCUT2D eigenvalue weighted by molar-refractivity contribution is 5.79. The topological polar surface area (TPSA) is 50.8 Å². The molecule has 3 fully saturated rings. The second-order valence-electron chi connectivity index (χ2n) is 9.50. The molecular weight excluding hydrogens is 388 g/mol. The molecule has 5 atom stereocenters. The molecule has 0 spiro atoms. The zero-order valence-corrected chi connectivity index (χ0v) is 18.4. The van der Waals surface area contributed by atoms with E-state index in [9.17, 15) is 4.79 Å². The molecule has 0 aromatic heterocycles. The summed E-state index contributed by atoms with van der Waals surface area (Å²) in [6.07, 6.45) is 5.51. The van der Waals surface area contributed by atoms with Crippen molar-refractivity contribution >= 4 is 5.91 Å². The Hall–Kier alpha value is -2.53. The van der Waals surface area contributed by atoms with Gasteiger partial charge in [-0.3, -0.25) is 4.79 Å². The Bertz CT molecular complexity index is 916. The van der Waals surface area contributed by atoms with E-state index in [1.54, 1.807) is 7.11 Å². The fourth-order valence-electron chi connectivity index (χ4n) is 6.23. The van der Waals surface area contributed by atoms with Crippen LogP contribution < -0.4 is 14.8 Å². The van der Waals surface area contributed by atoms with E-state index in [-0.39, 0.29) is 30.0 Å². The normalized spacial score (nSPS) is 31.4. The van der Waals surface area contributed by atoms with Gasteiger partial charge in [-0.2, -0.15) is 0 Å². The predicted molar refractivity (Wildman–Crippen MR) is 120 cm³/mol. The summed E-state index contributed by atoms with van der Waals surface area (Å²) >= 11 is 0. The quantitative estimate of drug-likeness (QED) is 0.772. The molecule has 2 aliphatic heterocycles. The summed E-state index contributed by atoms with van der Waals surface area (Å²) in [7, 11) is 1.64. The first-order chi connectivity index (χ1) is 15.1. The number of methoxy groups -OCH3 is 1. The summed E-state index contributed by atoms with van der Waals surface area (Å²) in [5.41, 5.74) is 1.44. The van der Waals surface area contributed by atoms with Crippen molar-refractivity contribution in [3.8, 4) is 11.5 Å². The van der Waals surface area contributed by atoms with E-state index in [0.29, 0.717) is 17.8 Å². The molecule has 2 aromatic rings. The van der Waals surface area contributed by atoms with Crippen molar-refractivity contribution < 1.29 is 14.3 Å². The van der Waals surface area contributed by atoms with Crippen molar-refractivity contribution in [2.75, 3.05) is 13.7 Å². The van der Waals surface area contributed by atoms with Gasteiger partial charge in [0.15, 0.2) is 6.61 Å². The van der Waals surface area contributed by atoms with Crippen molar-refractivity contribution in [2.45, 2.75) is 63.2 Å². The average molecular weight is 421 g/mol. The van der Waals surface area contributed by atoms with E-state index >= 15 is 0 Å². The smallest absolute Gasteiger partial charge is 0.261 e. The summed E-state index contributed by atoms with van der Waals surface area (Å²) in [5, 5.41) is 3.92. The lowest BCUT2D eigenvalue weighted by molar-refractivity contribution is -0.146. The number of carbonyl (C=O) groups excluding carboxylic acids is 1. The molecule has 1 saturated carbocycles. The third-order valence-corrected chi connectivity index (χ3v) is 7.76. The zero-order chi connectivity index (χ0) is 21.4. The zero-order valence-electron chi connectivity index (χ0n) is 18.4. The van der Waals surface area contributed by atoms with Crippen LogP contribution >= 0.6 is 0 Å². The van der Waals surface area contributed by atoms with Gasteiger partial charge in [0.2, 0.25) is 0 Å². The van der Waals surface area contributed by atoms with Gasteiger partial charge in [-0.05, 0) is 61.9 Å². The number of nitrogens with one attached hydrogen (secondary N) is 1. The number of piperidine rings is 1. The van der Waals surface area contributed by atoms with E-state index in [4.69, 9.17) is 9.47 Å². The van der Waals surface area contributed by atoms with Gasteiger partial charge in [-0.25, -0.2) is 0 Å². The van der Waals surface area contributed by atoms with Crippen LogP contribution in [0.2, 0.25) is 0 Å². The lowest BCUT2D eigenvalue weighted by Gasteiger charge is -2.53. The highest BCUT2D eigenvalue weighted by Crippen LogP contribution is 2.52. The minimum Gasteiger partial charge on any atom is -0.497 e. The van der Waals surface area contributed by atoms with Gasteiger partial charge in [0.25, 0.3) is 5.91 Å². The van der Waals surface area contributed by atoms with Crippen molar-refractivity contribution in [2.24, 2.45) is 5.41 Å².